The summed E-state index contributed by atoms with van der Waals surface area (Å²) in [7, 11) is 3.44. The van der Waals surface area contributed by atoms with E-state index in [9.17, 15) is 4.79 Å². The fraction of sp³-hybridized carbons (Fsp3) is 0.200. The third-order valence-corrected chi connectivity index (χ3v) is 4.07. The Kier molecular flexibility index (Phi) is 4.84. The van der Waals surface area contributed by atoms with Crippen LogP contribution in [0.5, 0.6) is 5.75 Å². The highest BCUT2D eigenvalue weighted by Crippen LogP contribution is 2.22. The van der Waals surface area contributed by atoms with Gasteiger partial charge in [-0.3, -0.25) is 4.79 Å². The van der Waals surface area contributed by atoms with Crippen molar-refractivity contribution >= 4 is 5.91 Å². The fourth-order valence-electron chi connectivity index (χ4n) is 2.76. The zero-order valence-corrected chi connectivity index (χ0v) is 14.6. The van der Waals surface area contributed by atoms with E-state index in [-0.39, 0.29) is 5.91 Å². The molecule has 0 N–H and O–H groups in total. The Morgan fingerprint density at radius 2 is 1.96 bits per heavy atom. The van der Waals surface area contributed by atoms with Crippen LogP contribution in [0.4, 0.5) is 0 Å². The molecule has 1 amide bonds. The molecule has 3 rings (SSSR count). The third-order valence-electron chi connectivity index (χ3n) is 4.07. The lowest BCUT2D eigenvalue weighted by molar-refractivity contribution is 0.0784. The maximum atomic E-state index is 12.7. The van der Waals surface area contributed by atoms with E-state index in [1.165, 1.54) is 0 Å². The van der Waals surface area contributed by atoms with E-state index in [0.29, 0.717) is 12.1 Å². The first kappa shape index (κ1) is 16.8. The average Bonchev–Trinajstić information content (AvgIpc) is 3.16. The van der Waals surface area contributed by atoms with Crippen LogP contribution >= 0.6 is 0 Å². The van der Waals surface area contributed by atoms with Crippen LogP contribution in [0.2, 0.25) is 0 Å². The number of hydrogen-bond acceptors (Lipinski definition) is 3. The summed E-state index contributed by atoms with van der Waals surface area (Å²) in [6.07, 6.45) is 3.59. The van der Waals surface area contributed by atoms with Crippen LogP contribution in [0.1, 0.15) is 21.5 Å². The minimum absolute atomic E-state index is 0.0319. The number of methoxy groups -OCH3 is 1. The van der Waals surface area contributed by atoms with Gasteiger partial charge in [0.1, 0.15) is 5.75 Å². The first-order chi connectivity index (χ1) is 12.1. The molecule has 25 heavy (non-hydrogen) atoms. The largest absolute Gasteiger partial charge is 0.496 e. The van der Waals surface area contributed by atoms with E-state index >= 15 is 0 Å². The van der Waals surface area contributed by atoms with Crippen LogP contribution in [0, 0.1) is 6.92 Å². The van der Waals surface area contributed by atoms with Crippen molar-refractivity contribution in [3.05, 3.63) is 77.6 Å². The van der Waals surface area contributed by atoms with Gasteiger partial charge >= 0.3 is 0 Å². The van der Waals surface area contributed by atoms with Crippen molar-refractivity contribution in [3.8, 4) is 11.4 Å². The second-order valence-corrected chi connectivity index (χ2v) is 5.97. The molecule has 0 saturated heterocycles. The molecule has 3 aromatic rings. The molecule has 0 aliphatic rings. The van der Waals surface area contributed by atoms with E-state index in [2.05, 4.69) is 5.10 Å². The molecule has 1 heterocycles. The second-order valence-electron chi connectivity index (χ2n) is 5.97. The molecule has 5 nitrogen and oxygen atoms in total. The average molecular weight is 335 g/mol. The minimum atomic E-state index is -0.0319. The smallest absolute Gasteiger partial charge is 0.253 e. The number of amides is 1. The van der Waals surface area contributed by atoms with Gasteiger partial charge in [0.05, 0.1) is 12.8 Å². The highest BCUT2D eigenvalue weighted by atomic mass is 16.5. The van der Waals surface area contributed by atoms with E-state index in [1.54, 1.807) is 29.9 Å². The van der Waals surface area contributed by atoms with Gasteiger partial charge in [-0.2, -0.15) is 5.10 Å². The predicted molar refractivity (Wildman–Crippen MR) is 97.1 cm³/mol. The summed E-state index contributed by atoms with van der Waals surface area (Å²) in [5.41, 5.74) is 3.70. The molecular formula is C20H21N3O2. The molecule has 0 bridgehead atoms. The van der Waals surface area contributed by atoms with Crippen molar-refractivity contribution in [1.29, 1.82) is 0 Å². The van der Waals surface area contributed by atoms with Crippen molar-refractivity contribution in [1.82, 2.24) is 14.7 Å². The minimum Gasteiger partial charge on any atom is -0.496 e. The summed E-state index contributed by atoms with van der Waals surface area (Å²) in [5.74, 6) is 0.759. The van der Waals surface area contributed by atoms with Gasteiger partial charge in [0.15, 0.2) is 0 Å². The lowest BCUT2D eigenvalue weighted by Gasteiger charge is -2.19. The summed E-state index contributed by atoms with van der Waals surface area (Å²) in [4.78, 5) is 14.4. The van der Waals surface area contributed by atoms with Crippen LogP contribution in [0.3, 0.4) is 0 Å². The number of carbonyl (C=O) groups excluding carboxylic acids is 1. The van der Waals surface area contributed by atoms with Crippen LogP contribution < -0.4 is 4.74 Å². The fourth-order valence-corrected chi connectivity index (χ4v) is 2.76. The summed E-state index contributed by atoms with van der Waals surface area (Å²) >= 11 is 0. The molecule has 0 aliphatic heterocycles. The molecular weight excluding hydrogens is 314 g/mol. The summed E-state index contributed by atoms with van der Waals surface area (Å²) < 4.78 is 7.16. The number of ether oxygens (including phenoxy) is 1. The molecule has 128 valence electrons. The Morgan fingerprint density at radius 3 is 2.60 bits per heavy atom. The third kappa shape index (κ3) is 3.71. The number of aromatic nitrogens is 2. The van der Waals surface area contributed by atoms with Gasteiger partial charge in [0.25, 0.3) is 5.91 Å². The Labute approximate surface area is 147 Å². The number of rotatable bonds is 5. The van der Waals surface area contributed by atoms with E-state index in [4.69, 9.17) is 4.74 Å². The Bertz CT molecular complexity index is 855. The van der Waals surface area contributed by atoms with Crippen LogP contribution in [-0.4, -0.2) is 34.7 Å². The van der Waals surface area contributed by atoms with Gasteiger partial charge in [-0.1, -0.05) is 17.7 Å². The van der Waals surface area contributed by atoms with Gasteiger partial charge in [-0.05, 0) is 43.3 Å². The summed E-state index contributed by atoms with van der Waals surface area (Å²) in [6, 6.07) is 15.3. The standard InChI is InChI=1S/C20H21N3O2/c1-15-5-10-19(25-3)17(13-15)14-22(2)20(24)16-6-8-18(9-7-16)23-12-4-11-21-23/h4-13H,14H2,1-3H3. The highest BCUT2D eigenvalue weighted by Gasteiger charge is 2.14. The Hall–Kier alpha value is -3.08. The van der Waals surface area contributed by atoms with Crippen molar-refractivity contribution in [3.63, 3.8) is 0 Å². The number of aryl methyl sites for hydroxylation is 1. The first-order valence-electron chi connectivity index (χ1n) is 8.07. The van der Waals surface area contributed by atoms with E-state index < -0.39 is 0 Å². The molecule has 2 aromatic carbocycles. The van der Waals surface area contributed by atoms with Crippen molar-refractivity contribution < 1.29 is 9.53 Å². The predicted octanol–water partition coefficient (Wildman–Crippen LogP) is 3.46. The van der Waals surface area contributed by atoms with Gasteiger partial charge in [0, 0.05) is 37.1 Å². The van der Waals surface area contributed by atoms with E-state index in [1.807, 2.05) is 61.7 Å². The van der Waals surface area contributed by atoms with Crippen molar-refractivity contribution in [2.75, 3.05) is 14.2 Å². The number of benzene rings is 2. The lowest BCUT2D eigenvalue weighted by atomic mass is 10.1. The number of carbonyl (C=O) groups is 1. The first-order valence-corrected chi connectivity index (χ1v) is 8.07. The second kappa shape index (κ2) is 7.21. The molecule has 0 fully saturated rings. The highest BCUT2D eigenvalue weighted by molar-refractivity contribution is 5.94. The zero-order chi connectivity index (χ0) is 17.8. The molecule has 0 saturated carbocycles. The molecule has 0 unspecified atom stereocenters. The van der Waals surface area contributed by atoms with Crippen LogP contribution in [-0.2, 0) is 6.54 Å². The van der Waals surface area contributed by atoms with Gasteiger partial charge in [-0.25, -0.2) is 4.68 Å². The van der Waals surface area contributed by atoms with Crippen molar-refractivity contribution in [2.24, 2.45) is 0 Å². The summed E-state index contributed by atoms with van der Waals surface area (Å²) in [5, 5.41) is 4.19. The molecule has 5 heteroatoms. The molecule has 0 atom stereocenters. The molecule has 1 aromatic heterocycles. The molecule has 0 radical (unpaired) electrons. The monoisotopic (exact) mass is 335 g/mol. The van der Waals surface area contributed by atoms with Gasteiger partial charge in [0.2, 0.25) is 0 Å². The van der Waals surface area contributed by atoms with Gasteiger partial charge < -0.3 is 9.64 Å². The maximum Gasteiger partial charge on any atom is 0.253 e. The van der Waals surface area contributed by atoms with Gasteiger partial charge in [-0.15, -0.1) is 0 Å². The quantitative estimate of drug-likeness (QED) is 0.717. The normalized spacial score (nSPS) is 10.5. The molecule has 0 aliphatic carbocycles. The molecule has 0 spiro atoms. The van der Waals surface area contributed by atoms with Crippen LogP contribution in [0.15, 0.2) is 60.9 Å². The Morgan fingerprint density at radius 1 is 1.20 bits per heavy atom. The maximum absolute atomic E-state index is 12.7. The SMILES string of the molecule is COc1ccc(C)cc1CN(C)C(=O)c1ccc(-n2cccn2)cc1. The van der Waals surface area contributed by atoms with Crippen molar-refractivity contribution in [2.45, 2.75) is 13.5 Å². The van der Waals surface area contributed by atoms with Crippen LogP contribution in [0.25, 0.3) is 5.69 Å². The van der Waals surface area contributed by atoms with E-state index in [0.717, 1.165) is 22.6 Å². The lowest BCUT2D eigenvalue weighted by Crippen LogP contribution is -2.26. The number of nitrogens with zero attached hydrogens (tertiary/aromatic N) is 3. The number of hydrogen-bond donors (Lipinski definition) is 0. The Balaban J connectivity index is 1.75. The topological polar surface area (TPSA) is 47.4 Å². The summed E-state index contributed by atoms with van der Waals surface area (Å²) in [6.45, 7) is 2.52. The zero-order valence-electron chi connectivity index (χ0n) is 14.6.